The smallest absolute Gasteiger partial charge is 0.355 e. The number of β-lactam (4-membered cyclic amide) rings is 1. The van der Waals surface area contributed by atoms with Crippen LogP contribution in [0, 0.1) is 0 Å². The van der Waals surface area contributed by atoms with Crippen molar-refractivity contribution in [2.75, 3.05) is 17.7 Å². The summed E-state index contributed by atoms with van der Waals surface area (Å²) in [5.41, 5.74) is 0.403. The van der Waals surface area contributed by atoms with E-state index in [-0.39, 0.29) is 29.1 Å². The zero-order valence-electron chi connectivity index (χ0n) is 14.5. The van der Waals surface area contributed by atoms with Crippen LogP contribution in [0.4, 0.5) is 0 Å². The molecular formula is C16H14BrCl3N2O5S2. The van der Waals surface area contributed by atoms with Crippen LogP contribution in [0.2, 0.25) is 0 Å². The summed E-state index contributed by atoms with van der Waals surface area (Å²) in [7, 11) is -1.50. The predicted molar refractivity (Wildman–Crippen MR) is 116 cm³/mol. The lowest BCUT2D eigenvalue weighted by atomic mass is 10.0. The molecule has 29 heavy (non-hydrogen) atoms. The van der Waals surface area contributed by atoms with Gasteiger partial charge >= 0.3 is 5.97 Å². The van der Waals surface area contributed by atoms with Crippen molar-refractivity contribution in [3.8, 4) is 0 Å². The topological polar surface area (TPSA) is 92.8 Å². The molecule has 1 fully saturated rings. The largest absolute Gasteiger partial charge is 0.456 e. The van der Waals surface area contributed by atoms with Gasteiger partial charge in [-0.15, -0.1) is 11.3 Å². The molecule has 2 aliphatic heterocycles. The summed E-state index contributed by atoms with van der Waals surface area (Å²) in [6, 6.07) is 2.65. The first-order valence-electron chi connectivity index (χ1n) is 8.16. The van der Waals surface area contributed by atoms with Gasteiger partial charge in [-0.05, 0) is 17.0 Å². The maximum atomic E-state index is 12.7. The van der Waals surface area contributed by atoms with E-state index in [2.05, 4.69) is 21.2 Å². The number of carbonyl (C=O) groups excluding carboxylic acids is 3. The Balaban J connectivity index is 1.75. The maximum absolute atomic E-state index is 12.7. The number of rotatable bonds is 6. The Morgan fingerprint density at radius 3 is 2.72 bits per heavy atom. The van der Waals surface area contributed by atoms with Gasteiger partial charge in [-0.1, -0.05) is 56.8 Å². The third kappa shape index (κ3) is 5.16. The van der Waals surface area contributed by atoms with Crippen LogP contribution in [0.15, 0.2) is 28.8 Å². The maximum Gasteiger partial charge on any atom is 0.355 e. The normalized spacial score (nSPS) is 24.1. The predicted octanol–water partition coefficient (Wildman–Crippen LogP) is 2.27. The minimum Gasteiger partial charge on any atom is -0.456 e. The molecule has 0 saturated carbocycles. The fourth-order valence-electron chi connectivity index (χ4n) is 2.96. The average Bonchev–Trinajstić information content (AvgIpc) is 3.15. The molecule has 158 valence electrons. The summed E-state index contributed by atoms with van der Waals surface area (Å²) in [6.45, 7) is -0.508. The van der Waals surface area contributed by atoms with Crippen molar-refractivity contribution < 1.29 is 23.3 Å². The van der Waals surface area contributed by atoms with Crippen LogP contribution in [0.1, 0.15) is 4.88 Å². The summed E-state index contributed by atoms with van der Waals surface area (Å²) < 4.78 is 15.9. The van der Waals surface area contributed by atoms with Gasteiger partial charge in [0.2, 0.25) is 9.70 Å². The molecule has 3 heterocycles. The molecule has 2 amide bonds. The van der Waals surface area contributed by atoms with Crippen LogP contribution >= 0.6 is 62.1 Å². The summed E-state index contributed by atoms with van der Waals surface area (Å²) in [5, 5.41) is 3.82. The number of carbonyl (C=O) groups is 3. The number of fused-ring (bicyclic) bond motifs is 1. The molecule has 3 atom stereocenters. The third-order valence-electron chi connectivity index (χ3n) is 4.16. The molecule has 1 N–H and O–H groups in total. The van der Waals surface area contributed by atoms with Crippen molar-refractivity contribution in [3.05, 3.63) is 33.7 Å². The van der Waals surface area contributed by atoms with E-state index in [1.165, 1.54) is 11.3 Å². The van der Waals surface area contributed by atoms with Gasteiger partial charge in [-0.3, -0.25) is 18.7 Å². The number of nitrogens with zero attached hydrogens (tertiary/aromatic N) is 1. The van der Waals surface area contributed by atoms with Gasteiger partial charge in [0.25, 0.3) is 5.91 Å². The minimum absolute atomic E-state index is 0.0329. The lowest BCUT2D eigenvalue weighted by molar-refractivity contribution is -0.153. The van der Waals surface area contributed by atoms with Gasteiger partial charge in [0.15, 0.2) is 0 Å². The minimum atomic E-state index is -1.81. The van der Waals surface area contributed by atoms with E-state index < -0.39 is 44.5 Å². The Bertz CT molecular complexity index is 888. The third-order valence-corrected chi connectivity index (χ3v) is 7.69. The van der Waals surface area contributed by atoms with Crippen LogP contribution in [0.3, 0.4) is 0 Å². The van der Waals surface area contributed by atoms with Crippen LogP contribution in [-0.4, -0.2) is 59.8 Å². The molecule has 1 unspecified atom stereocenters. The Hall–Kier alpha value is -0.650. The SMILES string of the molecule is O=C(Cc1cccs1)N[C@@H]1C(=O)N2C(C(=O)OCC(Cl)(Cl)Cl)=C(CBr)CS(=O)[C@H]12. The summed E-state index contributed by atoms with van der Waals surface area (Å²) in [5.74, 6) is -1.71. The average molecular weight is 565 g/mol. The van der Waals surface area contributed by atoms with Crippen molar-refractivity contribution in [3.63, 3.8) is 0 Å². The van der Waals surface area contributed by atoms with Gasteiger partial charge in [0.05, 0.1) is 23.0 Å². The van der Waals surface area contributed by atoms with Crippen molar-refractivity contribution in [1.29, 1.82) is 0 Å². The molecule has 1 saturated heterocycles. The molecule has 2 aliphatic rings. The highest BCUT2D eigenvalue weighted by molar-refractivity contribution is 9.09. The quantitative estimate of drug-likeness (QED) is 0.325. The number of hydrogen-bond donors (Lipinski definition) is 1. The molecule has 1 aromatic heterocycles. The van der Waals surface area contributed by atoms with Gasteiger partial charge < -0.3 is 10.1 Å². The highest BCUT2D eigenvalue weighted by Crippen LogP contribution is 2.36. The van der Waals surface area contributed by atoms with Crippen molar-refractivity contribution in [2.45, 2.75) is 21.6 Å². The number of nitrogens with one attached hydrogen (secondary N) is 1. The molecule has 0 aromatic carbocycles. The number of hydrogen-bond acceptors (Lipinski definition) is 6. The van der Waals surface area contributed by atoms with Crippen molar-refractivity contribution in [2.24, 2.45) is 0 Å². The van der Waals surface area contributed by atoms with Gasteiger partial charge in [-0.2, -0.15) is 0 Å². The van der Waals surface area contributed by atoms with Crippen LogP contribution in [0.5, 0.6) is 0 Å². The Labute approximate surface area is 196 Å². The number of amides is 2. The van der Waals surface area contributed by atoms with Crippen LogP contribution < -0.4 is 5.32 Å². The van der Waals surface area contributed by atoms with Gasteiger partial charge in [0, 0.05) is 10.2 Å². The summed E-state index contributed by atoms with van der Waals surface area (Å²) in [4.78, 5) is 39.4. The first-order valence-corrected chi connectivity index (χ1v) is 12.7. The standard InChI is InChI=1S/C16H14BrCl3N2O5S2/c17-5-8-6-29(26)14-11(21-10(23)4-9-2-1-3-28-9)13(24)22(14)12(8)15(25)27-7-16(18,19)20/h1-3,11,14H,4-7H2,(H,21,23)/t11-,14-,29?/m1/s1. The van der Waals surface area contributed by atoms with Crippen LogP contribution in [0.25, 0.3) is 0 Å². The Kier molecular flexibility index (Phi) is 7.33. The fraction of sp³-hybridized carbons (Fsp3) is 0.438. The highest BCUT2D eigenvalue weighted by atomic mass is 79.9. The number of ether oxygens (including phenoxy) is 1. The second-order valence-electron chi connectivity index (χ2n) is 6.20. The molecule has 13 heteroatoms. The Morgan fingerprint density at radius 2 is 2.14 bits per heavy atom. The van der Waals surface area contributed by atoms with Gasteiger partial charge in [0.1, 0.15) is 23.7 Å². The molecule has 1 aromatic rings. The second-order valence-corrected chi connectivity index (χ2v) is 11.8. The molecule has 0 spiro atoms. The van der Waals surface area contributed by atoms with E-state index in [4.69, 9.17) is 39.5 Å². The van der Waals surface area contributed by atoms with E-state index in [0.717, 1.165) is 9.78 Å². The van der Waals surface area contributed by atoms with Crippen molar-refractivity contribution in [1.82, 2.24) is 10.2 Å². The first-order chi connectivity index (χ1) is 13.6. The molecule has 0 aliphatic carbocycles. The first kappa shape index (κ1) is 23.0. The monoisotopic (exact) mass is 562 g/mol. The van der Waals surface area contributed by atoms with E-state index >= 15 is 0 Å². The summed E-state index contributed by atoms with van der Waals surface area (Å²) in [6.07, 6.45) is 0.113. The van der Waals surface area contributed by atoms with E-state index in [1.54, 1.807) is 0 Å². The molecule has 7 nitrogen and oxygen atoms in total. The highest BCUT2D eigenvalue weighted by Gasteiger charge is 2.57. The number of halogens is 4. The molecule has 0 radical (unpaired) electrons. The molecule has 3 rings (SSSR count). The zero-order valence-corrected chi connectivity index (χ0v) is 20.0. The van der Waals surface area contributed by atoms with E-state index in [1.807, 2.05) is 17.5 Å². The Morgan fingerprint density at radius 1 is 1.41 bits per heavy atom. The van der Waals surface area contributed by atoms with E-state index in [0.29, 0.717) is 5.57 Å². The lowest BCUT2D eigenvalue weighted by Crippen LogP contribution is -2.73. The zero-order chi connectivity index (χ0) is 21.3. The molecular weight excluding hydrogens is 551 g/mol. The van der Waals surface area contributed by atoms with Gasteiger partial charge in [-0.25, -0.2) is 4.79 Å². The number of alkyl halides is 4. The number of esters is 1. The summed E-state index contributed by atoms with van der Waals surface area (Å²) >= 11 is 21.5. The second kappa shape index (κ2) is 9.23. The fourth-order valence-corrected chi connectivity index (χ4v) is 6.23. The number of thiophene rings is 1. The van der Waals surface area contributed by atoms with Crippen LogP contribution in [-0.2, 0) is 36.3 Å². The lowest BCUT2D eigenvalue weighted by Gasteiger charge is -2.49. The van der Waals surface area contributed by atoms with Crippen molar-refractivity contribution >= 4 is 90.7 Å². The molecule has 0 bridgehead atoms. The van der Waals surface area contributed by atoms with E-state index in [9.17, 15) is 18.6 Å².